The van der Waals surface area contributed by atoms with Crippen LogP contribution in [0.25, 0.3) is 22.5 Å². The Hall–Kier alpha value is -7.39. The summed E-state index contributed by atoms with van der Waals surface area (Å²) in [6.07, 6.45) is 1.89. The average molecular weight is 1330 g/mol. The summed E-state index contributed by atoms with van der Waals surface area (Å²) in [5, 5.41) is 0.400. The number of hydrogen-bond donors (Lipinski definition) is 1. The third-order valence-corrected chi connectivity index (χ3v) is 14.4. The molecule has 4 aromatic carbocycles. The molecule has 2 fully saturated rings. The van der Waals surface area contributed by atoms with Crippen LogP contribution in [-0.2, 0) is 54.1 Å². The minimum Gasteiger partial charge on any atom is -0.466 e. The zero-order valence-corrected chi connectivity index (χ0v) is 55.8. The third kappa shape index (κ3) is 29.1. The molecule has 2 aromatic heterocycles. The van der Waals surface area contributed by atoms with E-state index in [0.29, 0.717) is 41.8 Å². The lowest BCUT2D eigenvalue weighted by Gasteiger charge is -2.26. The maximum absolute atomic E-state index is 12.3. The molecule has 18 nitrogen and oxygen atoms in total. The summed E-state index contributed by atoms with van der Waals surface area (Å²) in [6.45, 7) is 25.5. The third-order valence-electron chi connectivity index (χ3n) is 13.7. The van der Waals surface area contributed by atoms with Crippen LogP contribution in [0.15, 0.2) is 133 Å². The maximum atomic E-state index is 12.3. The van der Waals surface area contributed by atoms with Gasteiger partial charge in [-0.2, -0.15) is 0 Å². The molecule has 90 heavy (non-hydrogen) atoms. The lowest BCUT2D eigenvalue weighted by Crippen LogP contribution is -2.37. The molecule has 1 N–H and O–H groups in total. The van der Waals surface area contributed by atoms with Crippen molar-refractivity contribution in [1.82, 2.24) is 19.4 Å². The van der Waals surface area contributed by atoms with Gasteiger partial charge in [0.25, 0.3) is 0 Å². The fourth-order valence-corrected chi connectivity index (χ4v) is 9.46. The number of H-pyrrole nitrogens is 1. The number of ketones is 4. The molecule has 488 valence electrons. The van der Waals surface area contributed by atoms with E-state index in [-0.39, 0.29) is 54.5 Å². The van der Waals surface area contributed by atoms with Gasteiger partial charge in [-0.25, -0.2) is 9.59 Å². The summed E-state index contributed by atoms with van der Waals surface area (Å²) in [5.41, 5.74) is 8.53. The van der Waals surface area contributed by atoms with Crippen molar-refractivity contribution >= 4 is 74.5 Å². The Labute approximate surface area is 544 Å². The van der Waals surface area contributed by atoms with Gasteiger partial charge in [-0.3, -0.25) is 38.6 Å². The van der Waals surface area contributed by atoms with E-state index < -0.39 is 17.9 Å². The van der Waals surface area contributed by atoms with Gasteiger partial charge in [0.05, 0.1) is 69.3 Å². The number of alkyl halides is 2. The highest BCUT2D eigenvalue weighted by molar-refractivity contribution is 9.09. The van der Waals surface area contributed by atoms with Gasteiger partial charge in [-0.1, -0.05) is 137 Å². The number of carbonyl (C=O) groups excluding carboxylic acids is 8. The van der Waals surface area contributed by atoms with E-state index >= 15 is 0 Å². The number of rotatable bonds is 24. The Morgan fingerprint density at radius 2 is 1.02 bits per heavy atom. The number of aromatic amines is 1. The molecule has 0 aliphatic carbocycles. The lowest BCUT2D eigenvalue weighted by atomic mass is 9.95. The quantitative estimate of drug-likeness (QED) is 0.0196. The van der Waals surface area contributed by atoms with Crippen LogP contribution in [0.3, 0.4) is 0 Å². The molecule has 0 radical (unpaired) electrons. The van der Waals surface area contributed by atoms with Crippen molar-refractivity contribution in [2.24, 2.45) is 5.92 Å². The summed E-state index contributed by atoms with van der Waals surface area (Å²) < 4.78 is 32.4. The number of hydrogen-bond acceptors (Lipinski definition) is 16. The Kier molecular flexibility index (Phi) is 38.4. The molecule has 1 atom stereocenters. The van der Waals surface area contributed by atoms with Crippen LogP contribution >= 0.6 is 27.5 Å². The molecule has 6 aromatic rings. The molecule has 20 heteroatoms. The van der Waals surface area contributed by atoms with Crippen LogP contribution in [0.5, 0.6) is 0 Å². The number of nitrogens with one attached hydrogen (secondary N) is 1. The number of morpholine rings is 2. The Morgan fingerprint density at radius 1 is 0.567 bits per heavy atom. The fourth-order valence-electron chi connectivity index (χ4n) is 9.01. The molecule has 2 aliphatic heterocycles. The van der Waals surface area contributed by atoms with Gasteiger partial charge in [0.2, 0.25) is 0 Å². The smallest absolute Gasteiger partial charge is 0.339 e. The monoisotopic (exact) mass is 1320 g/mol. The number of benzene rings is 4. The number of halogens is 2. The second-order valence-electron chi connectivity index (χ2n) is 20.4. The Bertz CT molecular complexity index is 3070. The van der Waals surface area contributed by atoms with Crippen LogP contribution < -0.4 is 0 Å². The highest BCUT2D eigenvalue weighted by Crippen LogP contribution is 2.27. The van der Waals surface area contributed by atoms with Crippen molar-refractivity contribution in [3.8, 4) is 22.5 Å². The molecule has 0 spiro atoms. The SMILES string of the molecule is CCOC(=O)C(CC(=O)c1ccccc1)C(C)=O.CCOC(=O)CC(C)=O.CCOC(=O)c1cc(-c2ccccc2)[nH]c1C.CCOC(=O)c1cc(-c2ccccc2)n(CCCN2CCOCC2)c1C.ClCCCN1CCOCC1.O=C(CBr)c1ccccc1. The largest absolute Gasteiger partial charge is 0.466 e. The van der Waals surface area contributed by atoms with E-state index in [4.69, 9.17) is 35.3 Å². The van der Waals surface area contributed by atoms with Crippen molar-refractivity contribution in [2.45, 2.75) is 87.6 Å². The first-order valence-corrected chi connectivity index (χ1v) is 32.1. The first kappa shape index (κ1) is 76.9. The highest BCUT2D eigenvalue weighted by Gasteiger charge is 2.28. The zero-order chi connectivity index (χ0) is 66.1. The molecule has 1 unspecified atom stereocenters. The van der Waals surface area contributed by atoms with E-state index in [1.807, 2.05) is 112 Å². The Morgan fingerprint density at radius 3 is 1.48 bits per heavy atom. The number of aromatic nitrogens is 2. The number of nitrogens with zero attached hydrogens (tertiary/aromatic N) is 3. The summed E-state index contributed by atoms with van der Waals surface area (Å²) >= 11 is 8.66. The molecule has 0 amide bonds. The van der Waals surface area contributed by atoms with Crippen LogP contribution in [0, 0.1) is 19.8 Å². The molecule has 8 rings (SSSR count). The molecule has 2 saturated heterocycles. The van der Waals surface area contributed by atoms with E-state index in [1.54, 1.807) is 51.1 Å². The summed E-state index contributed by atoms with van der Waals surface area (Å²) in [5.74, 6) is -2.43. The minimum atomic E-state index is -1.00. The van der Waals surface area contributed by atoms with Gasteiger partial charge in [-0.05, 0) is 98.0 Å². The molecule has 0 saturated carbocycles. The number of carbonyl (C=O) groups is 8. The molecular formula is C70H90BrClN4O14. The minimum absolute atomic E-state index is 0.103. The normalized spacial score (nSPS) is 12.9. The van der Waals surface area contributed by atoms with E-state index in [1.165, 1.54) is 13.8 Å². The fraction of sp³-hybridized carbons (Fsp3) is 0.429. The van der Waals surface area contributed by atoms with Crippen LogP contribution in [0.4, 0.5) is 0 Å². The summed E-state index contributed by atoms with van der Waals surface area (Å²) in [4.78, 5) is 98.5. The first-order valence-electron chi connectivity index (χ1n) is 30.5. The van der Waals surface area contributed by atoms with E-state index in [9.17, 15) is 38.4 Å². The predicted octanol–water partition coefficient (Wildman–Crippen LogP) is 12.3. The van der Waals surface area contributed by atoms with Gasteiger partial charge in [0.1, 0.15) is 23.9 Å². The van der Waals surface area contributed by atoms with E-state index in [2.05, 4.69) is 52.2 Å². The molecular weight excluding hydrogens is 1240 g/mol. The number of Topliss-reactive ketones (excluding diaryl/α,β-unsaturated/α-hetero) is 4. The average Bonchev–Trinajstić information content (AvgIpc) is 1.71. The molecule has 0 bridgehead atoms. The summed E-state index contributed by atoms with van der Waals surface area (Å²) in [6, 6.07) is 41.8. The van der Waals surface area contributed by atoms with Crippen molar-refractivity contribution in [1.29, 1.82) is 0 Å². The Balaban J connectivity index is 0.000000295. The standard InChI is InChI=1S/C21H28N2O3.C14H15NO2.C14H16O4.C8H7BrO.C7H14ClNO.C6H10O3/c1-3-26-21(24)19-16-20(18-8-5-4-6-9-18)23(17(19)2)11-7-10-22-12-14-25-15-13-22;1-3-17-14(16)12-9-13(15-10(12)2)11-7-5-4-6-8-11;1-3-18-14(17)12(10(2)15)9-13(16)11-7-5-4-6-8-11;9-6-8(10)7-4-2-1-3-5-7;8-2-1-3-9-4-6-10-7-5-9;1-3-9-6(8)4-5(2)7/h4-6,8-9,16H,3,7,10-15H2,1-2H3;4-9,15H,3H2,1-2H3;4-8,12H,3,9H2,1-2H3;1-5H,6H2;1-7H2;3-4H2,1-2H3. The number of ether oxygens (including phenoxy) is 6. The van der Waals surface area contributed by atoms with Crippen LogP contribution in [-0.4, -0.2) is 170 Å². The van der Waals surface area contributed by atoms with Gasteiger partial charge in [-0.15, -0.1) is 11.6 Å². The second kappa shape index (κ2) is 45.0. The van der Waals surface area contributed by atoms with Crippen molar-refractivity contribution in [3.63, 3.8) is 0 Å². The predicted molar refractivity (Wildman–Crippen MR) is 355 cm³/mol. The number of esters is 4. The van der Waals surface area contributed by atoms with E-state index in [0.717, 1.165) is 130 Å². The second-order valence-corrected chi connectivity index (χ2v) is 21.3. The maximum Gasteiger partial charge on any atom is 0.339 e. The highest BCUT2D eigenvalue weighted by atomic mass is 79.9. The van der Waals surface area contributed by atoms with Crippen LogP contribution in [0.2, 0.25) is 0 Å². The molecule has 2 aliphatic rings. The van der Waals surface area contributed by atoms with Gasteiger partial charge < -0.3 is 38.0 Å². The first-order chi connectivity index (χ1) is 43.4. The van der Waals surface area contributed by atoms with Crippen LogP contribution in [0.1, 0.15) is 120 Å². The number of aryl methyl sites for hydroxylation is 1. The summed E-state index contributed by atoms with van der Waals surface area (Å²) in [7, 11) is 0. The topological polar surface area (TPSA) is 219 Å². The van der Waals surface area contributed by atoms with Crippen molar-refractivity contribution in [3.05, 3.63) is 167 Å². The zero-order valence-electron chi connectivity index (χ0n) is 53.4. The van der Waals surface area contributed by atoms with Crippen molar-refractivity contribution < 1.29 is 66.8 Å². The molecule has 4 heterocycles. The van der Waals surface area contributed by atoms with Gasteiger partial charge in [0, 0.05) is 85.5 Å². The van der Waals surface area contributed by atoms with Gasteiger partial charge in [0.15, 0.2) is 11.6 Å². The van der Waals surface area contributed by atoms with Gasteiger partial charge >= 0.3 is 23.9 Å². The van der Waals surface area contributed by atoms with Crippen molar-refractivity contribution in [2.75, 3.05) is 103 Å². The lowest BCUT2D eigenvalue weighted by molar-refractivity contribution is -0.151.